The highest BCUT2D eigenvalue weighted by molar-refractivity contribution is 4.76. The van der Waals surface area contributed by atoms with Crippen LogP contribution in [0.25, 0.3) is 0 Å². The van der Waals surface area contributed by atoms with Crippen LogP contribution in [0.5, 0.6) is 0 Å². The highest BCUT2D eigenvalue weighted by Gasteiger charge is 2.23. The van der Waals surface area contributed by atoms with Crippen molar-refractivity contribution in [1.29, 1.82) is 0 Å². The van der Waals surface area contributed by atoms with E-state index in [4.69, 9.17) is 5.73 Å². The molecule has 0 radical (unpaired) electrons. The Morgan fingerprint density at radius 2 is 1.86 bits per heavy atom. The maximum absolute atomic E-state index is 5.87. The number of hydrogen-bond donors (Lipinski definition) is 1. The summed E-state index contributed by atoms with van der Waals surface area (Å²) in [5.74, 6) is 1.82. The van der Waals surface area contributed by atoms with Crippen LogP contribution in [-0.2, 0) is 0 Å². The van der Waals surface area contributed by atoms with Gasteiger partial charge < -0.3 is 5.73 Å². The van der Waals surface area contributed by atoms with Crippen LogP contribution < -0.4 is 5.73 Å². The van der Waals surface area contributed by atoms with Crippen molar-refractivity contribution in [3.05, 3.63) is 0 Å². The summed E-state index contributed by atoms with van der Waals surface area (Å²) in [7, 11) is 0. The highest BCUT2D eigenvalue weighted by Crippen LogP contribution is 2.33. The van der Waals surface area contributed by atoms with Crippen LogP contribution in [0.1, 0.15) is 64.7 Å². The highest BCUT2D eigenvalue weighted by atomic mass is 14.6. The Labute approximate surface area is 89.5 Å². The zero-order chi connectivity index (χ0) is 10.2. The number of hydrogen-bond acceptors (Lipinski definition) is 1. The zero-order valence-electron chi connectivity index (χ0n) is 9.80. The van der Waals surface area contributed by atoms with E-state index in [0.29, 0.717) is 0 Å². The molecule has 0 aliphatic heterocycles. The lowest BCUT2D eigenvalue weighted by Gasteiger charge is -2.21. The van der Waals surface area contributed by atoms with Crippen molar-refractivity contribution in [2.45, 2.75) is 64.7 Å². The van der Waals surface area contributed by atoms with E-state index >= 15 is 0 Å². The van der Waals surface area contributed by atoms with Gasteiger partial charge in [0.2, 0.25) is 0 Å². The molecule has 1 nitrogen and oxygen atoms in total. The minimum Gasteiger partial charge on any atom is -0.330 e. The van der Waals surface area contributed by atoms with Gasteiger partial charge in [0.1, 0.15) is 0 Å². The van der Waals surface area contributed by atoms with Crippen LogP contribution in [0.3, 0.4) is 0 Å². The topological polar surface area (TPSA) is 26.0 Å². The van der Waals surface area contributed by atoms with E-state index in [2.05, 4.69) is 6.92 Å². The van der Waals surface area contributed by atoms with Gasteiger partial charge >= 0.3 is 0 Å². The van der Waals surface area contributed by atoms with Gasteiger partial charge in [-0.2, -0.15) is 0 Å². The molecule has 0 saturated heterocycles. The quantitative estimate of drug-likeness (QED) is 0.618. The summed E-state index contributed by atoms with van der Waals surface area (Å²) in [5.41, 5.74) is 5.87. The van der Waals surface area contributed by atoms with Crippen molar-refractivity contribution in [2.75, 3.05) is 6.54 Å². The molecule has 0 spiro atoms. The molecule has 0 amide bonds. The Balaban J connectivity index is 2.11. The second-order valence-electron chi connectivity index (χ2n) is 4.89. The maximum Gasteiger partial charge on any atom is -0.00462 e. The number of nitrogens with two attached hydrogens (primary N) is 1. The normalized spacial score (nSPS) is 20.1. The third-order valence-corrected chi connectivity index (χ3v) is 3.80. The van der Waals surface area contributed by atoms with E-state index in [9.17, 15) is 0 Å². The van der Waals surface area contributed by atoms with E-state index in [0.717, 1.165) is 18.4 Å². The Hall–Kier alpha value is -0.0400. The Bertz CT molecular complexity index is 127. The second kappa shape index (κ2) is 7.28. The molecule has 0 aromatic heterocycles. The largest absolute Gasteiger partial charge is 0.330 e. The lowest BCUT2D eigenvalue weighted by Crippen LogP contribution is -2.21. The molecule has 2 N–H and O–H groups in total. The predicted octanol–water partition coefficient (Wildman–Crippen LogP) is 3.72. The first-order valence-electron chi connectivity index (χ1n) is 6.58. The van der Waals surface area contributed by atoms with Crippen molar-refractivity contribution in [2.24, 2.45) is 17.6 Å². The molecule has 0 heterocycles. The molecule has 1 unspecified atom stereocenters. The molecular formula is C13H27N. The van der Waals surface area contributed by atoms with Gasteiger partial charge in [0.15, 0.2) is 0 Å². The SMILES string of the molecule is CCCCCCC(CN)C1CCCC1. The average molecular weight is 197 g/mol. The van der Waals surface area contributed by atoms with Crippen LogP contribution in [0, 0.1) is 11.8 Å². The third kappa shape index (κ3) is 4.00. The first kappa shape index (κ1) is 12.0. The van der Waals surface area contributed by atoms with E-state index in [1.165, 1.54) is 57.8 Å². The van der Waals surface area contributed by atoms with E-state index in [1.54, 1.807) is 0 Å². The fourth-order valence-electron chi connectivity index (χ4n) is 2.81. The molecule has 1 saturated carbocycles. The third-order valence-electron chi connectivity index (χ3n) is 3.80. The first-order valence-corrected chi connectivity index (χ1v) is 6.58. The van der Waals surface area contributed by atoms with Gasteiger partial charge in [0.25, 0.3) is 0 Å². The summed E-state index contributed by atoms with van der Waals surface area (Å²) in [6.07, 6.45) is 12.8. The average Bonchev–Trinajstić information content (AvgIpc) is 2.71. The Morgan fingerprint density at radius 1 is 1.14 bits per heavy atom. The Morgan fingerprint density at radius 3 is 2.43 bits per heavy atom. The molecule has 1 aliphatic rings. The first-order chi connectivity index (χ1) is 6.88. The summed E-state index contributed by atoms with van der Waals surface area (Å²) in [6, 6.07) is 0. The van der Waals surface area contributed by atoms with Gasteiger partial charge in [-0.25, -0.2) is 0 Å². The minimum atomic E-state index is 0.842. The molecule has 0 aromatic rings. The van der Waals surface area contributed by atoms with Crippen LogP contribution in [0.2, 0.25) is 0 Å². The molecule has 1 atom stereocenters. The molecule has 14 heavy (non-hydrogen) atoms. The molecule has 1 rings (SSSR count). The number of unbranched alkanes of at least 4 members (excludes halogenated alkanes) is 3. The van der Waals surface area contributed by atoms with Crippen molar-refractivity contribution in [3.8, 4) is 0 Å². The van der Waals surface area contributed by atoms with E-state index in [-0.39, 0.29) is 0 Å². The van der Waals surface area contributed by atoms with Gasteiger partial charge in [0.05, 0.1) is 0 Å². The van der Waals surface area contributed by atoms with Gasteiger partial charge in [-0.05, 0) is 24.8 Å². The Kier molecular flexibility index (Phi) is 6.25. The van der Waals surface area contributed by atoms with Gasteiger partial charge in [-0.1, -0.05) is 58.3 Å². The fourth-order valence-corrected chi connectivity index (χ4v) is 2.81. The molecule has 1 fully saturated rings. The van der Waals surface area contributed by atoms with Gasteiger partial charge in [-0.15, -0.1) is 0 Å². The summed E-state index contributed by atoms with van der Waals surface area (Å²) in [5, 5.41) is 0. The number of rotatable bonds is 7. The smallest absolute Gasteiger partial charge is 0.00462 e. The van der Waals surface area contributed by atoms with Crippen LogP contribution >= 0.6 is 0 Å². The van der Waals surface area contributed by atoms with Crippen LogP contribution in [-0.4, -0.2) is 6.54 Å². The summed E-state index contributed by atoms with van der Waals surface area (Å²) < 4.78 is 0. The molecule has 0 bridgehead atoms. The predicted molar refractivity (Wildman–Crippen MR) is 63.3 cm³/mol. The summed E-state index contributed by atoms with van der Waals surface area (Å²) in [4.78, 5) is 0. The van der Waals surface area contributed by atoms with E-state index in [1.807, 2.05) is 0 Å². The summed E-state index contributed by atoms with van der Waals surface area (Å²) in [6.45, 7) is 3.20. The van der Waals surface area contributed by atoms with Crippen LogP contribution in [0.15, 0.2) is 0 Å². The van der Waals surface area contributed by atoms with Crippen molar-refractivity contribution in [1.82, 2.24) is 0 Å². The second-order valence-corrected chi connectivity index (χ2v) is 4.89. The van der Waals surface area contributed by atoms with Gasteiger partial charge in [-0.3, -0.25) is 0 Å². The van der Waals surface area contributed by atoms with Crippen LogP contribution in [0.4, 0.5) is 0 Å². The molecule has 0 aromatic carbocycles. The summed E-state index contributed by atoms with van der Waals surface area (Å²) >= 11 is 0. The standard InChI is InChI=1S/C13H27N/c1-2-3-4-5-10-13(11-14)12-8-6-7-9-12/h12-13H,2-11,14H2,1H3. The van der Waals surface area contributed by atoms with Gasteiger partial charge in [0, 0.05) is 0 Å². The minimum absolute atomic E-state index is 0.842. The maximum atomic E-state index is 5.87. The monoisotopic (exact) mass is 197 g/mol. The molecule has 84 valence electrons. The van der Waals surface area contributed by atoms with Crippen molar-refractivity contribution < 1.29 is 0 Å². The molecule has 1 aliphatic carbocycles. The lowest BCUT2D eigenvalue weighted by atomic mass is 9.86. The fraction of sp³-hybridized carbons (Fsp3) is 1.00. The molecule has 1 heteroatoms. The lowest BCUT2D eigenvalue weighted by molar-refractivity contribution is 0.316. The van der Waals surface area contributed by atoms with Crippen molar-refractivity contribution >= 4 is 0 Å². The van der Waals surface area contributed by atoms with Crippen molar-refractivity contribution in [3.63, 3.8) is 0 Å². The van der Waals surface area contributed by atoms with E-state index < -0.39 is 0 Å². The zero-order valence-corrected chi connectivity index (χ0v) is 9.80. The molecular weight excluding hydrogens is 170 g/mol.